The molecule has 2 unspecified atom stereocenters. The topological polar surface area (TPSA) is 126 Å². The van der Waals surface area contributed by atoms with Crippen LogP contribution in [0.4, 0.5) is 24.5 Å². The highest BCUT2D eigenvalue weighted by molar-refractivity contribution is 7.91. The predicted octanol–water partition coefficient (Wildman–Crippen LogP) is 3.73. The summed E-state index contributed by atoms with van der Waals surface area (Å²) in [7, 11) is -3.15. The van der Waals surface area contributed by atoms with Crippen molar-refractivity contribution in [3.8, 4) is 5.88 Å². The SMILES string of the molecule is CC(C1C(=O)N(c2cc(OCC(F)F)ncc2F)c2ccc(C(=O)NC3(C)CCS(=O)(=O)CC3)cc21)C(C)(C)O. The van der Waals surface area contributed by atoms with Gasteiger partial charge in [0, 0.05) is 23.1 Å². The lowest BCUT2D eigenvalue weighted by molar-refractivity contribution is -0.122. The van der Waals surface area contributed by atoms with Crippen LogP contribution in [0.2, 0.25) is 0 Å². The largest absolute Gasteiger partial charge is 0.472 e. The molecule has 1 aromatic heterocycles. The number of amides is 2. The zero-order valence-corrected chi connectivity index (χ0v) is 23.4. The second kappa shape index (κ2) is 10.7. The van der Waals surface area contributed by atoms with Crippen molar-refractivity contribution in [3.63, 3.8) is 0 Å². The number of anilines is 2. The first-order valence-corrected chi connectivity index (χ1v) is 14.6. The third kappa shape index (κ3) is 6.09. The van der Waals surface area contributed by atoms with Gasteiger partial charge in [-0.05, 0) is 57.4 Å². The summed E-state index contributed by atoms with van der Waals surface area (Å²) in [6.45, 7) is 5.53. The van der Waals surface area contributed by atoms with Crippen LogP contribution >= 0.6 is 0 Å². The Morgan fingerprint density at radius 3 is 2.50 bits per heavy atom. The molecule has 4 rings (SSSR count). The molecule has 1 fully saturated rings. The highest BCUT2D eigenvalue weighted by atomic mass is 32.2. The van der Waals surface area contributed by atoms with E-state index in [-0.39, 0.29) is 47.2 Å². The van der Waals surface area contributed by atoms with Crippen molar-refractivity contribution in [3.05, 3.63) is 47.4 Å². The van der Waals surface area contributed by atoms with Crippen molar-refractivity contribution in [2.75, 3.05) is 23.0 Å². The molecule has 0 bridgehead atoms. The molecule has 0 aliphatic carbocycles. The van der Waals surface area contributed by atoms with E-state index < -0.39 is 63.5 Å². The van der Waals surface area contributed by atoms with Crippen LogP contribution in [0.25, 0.3) is 0 Å². The molecular formula is C27H32F3N3O6S. The fraction of sp³-hybridized carbons (Fsp3) is 0.519. The van der Waals surface area contributed by atoms with Crippen LogP contribution < -0.4 is 15.0 Å². The summed E-state index contributed by atoms with van der Waals surface area (Å²) in [5, 5.41) is 13.7. The Labute approximate surface area is 230 Å². The number of carbonyl (C=O) groups excluding carboxylic acids is 2. The molecule has 1 saturated heterocycles. The molecule has 1 aromatic carbocycles. The number of rotatable bonds is 8. The number of aromatic nitrogens is 1. The molecule has 2 aromatic rings. The van der Waals surface area contributed by atoms with E-state index in [0.717, 1.165) is 17.2 Å². The Morgan fingerprint density at radius 2 is 1.90 bits per heavy atom. The third-order valence-electron chi connectivity index (χ3n) is 7.72. The molecule has 40 heavy (non-hydrogen) atoms. The molecule has 3 heterocycles. The second-order valence-electron chi connectivity index (χ2n) is 11.2. The van der Waals surface area contributed by atoms with Crippen LogP contribution in [0.15, 0.2) is 30.5 Å². The van der Waals surface area contributed by atoms with Crippen LogP contribution in [0.5, 0.6) is 5.88 Å². The van der Waals surface area contributed by atoms with Gasteiger partial charge in [-0.2, -0.15) is 0 Å². The van der Waals surface area contributed by atoms with Crippen molar-refractivity contribution < 1.29 is 41.0 Å². The van der Waals surface area contributed by atoms with Gasteiger partial charge in [-0.15, -0.1) is 0 Å². The first kappa shape index (κ1) is 29.8. The smallest absolute Gasteiger partial charge is 0.272 e. The normalized spacial score (nSPS) is 20.8. The van der Waals surface area contributed by atoms with E-state index in [1.54, 1.807) is 13.8 Å². The van der Waals surface area contributed by atoms with Crippen LogP contribution in [-0.4, -0.2) is 66.0 Å². The monoisotopic (exact) mass is 583 g/mol. The fourth-order valence-corrected chi connectivity index (χ4v) is 6.67. The predicted molar refractivity (Wildman–Crippen MR) is 141 cm³/mol. The molecule has 2 N–H and O–H groups in total. The van der Waals surface area contributed by atoms with Crippen LogP contribution in [0, 0.1) is 11.7 Å². The number of hydrogen-bond donors (Lipinski definition) is 2. The molecular weight excluding hydrogens is 551 g/mol. The number of carbonyl (C=O) groups is 2. The molecule has 9 nitrogen and oxygen atoms in total. The summed E-state index contributed by atoms with van der Waals surface area (Å²) in [5.74, 6) is -3.99. The summed E-state index contributed by atoms with van der Waals surface area (Å²) in [6.07, 6.45) is -1.50. The van der Waals surface area contributed by atoms with Gasteiger partial charge in [-0.1, -0.05) is 6.92 Å². The van der Waals surface area contributed by atoms with Crippen molar-refractivity contribution in [2.45, 2.75) is 64.0 Å². The summed E-state index contributed by atoms with van der Waals surface area (Å²) >= 11 is 0. The van der Waals surface area contributed by atoms with Crippen LogP contribution in [0.1, 0.15) is 62.4 Å². The van der Waals surface area contributed by atoms with Crippen molar-refractivity contribution in [1.29, 1.82) is 0 Å². The Balaban J connectivity index is 1.73. The van der Waals surface area contributed by atoms with Crippen LogP contribution in [-0.2, 0) is 14.6 Å². The van der Waals surface area contributed by atoms with E-state index in [9.17, 15) is 36.3 Å². The van der Waals surface area contributed by atoms with Gasteiger partial charge in [0.15, 0.2) is 12.4 Å². The van der Waals surface area contributed by atoms with Gasteiger partial charge in [-0.3, -0.25) is 14.5 Å². The minimum atomic E-state index is -3.15. The van der Waals surface area contributed by atoms with E-state index >= 15 is 0 Å². The summed E-state index contributed by atoms with van der Waals surface area (Å²) in [5.41, 5.74) is -1.53. The molecule has 0 saturated carbocycles. The van der Waals surface area contributed by atoms with E-state index in [0.29, 0.717) is 5.56 Å². The minimum absolute atomic E-state index is 0.0386. The first-order chi connectivity index (χ1) is 18.5. The lowest BCUT2D eigenvalue weighted by atomic mass is 9.78. The van der Waals surface area contributed by atoms with Gasteiger partial charge in [0.2, 0.25) is 11.8 Å². The van der Waals surface area contributed by atoms with Gasteiger partial charge in [-0.25, -0.2) is 26.6 Å². The Morgan fingerprint density at radius 1 is 1.25 bits per heavy atom. The minimum Gasteiger partial charge on any atom is -0.472 e. The zero-order chi connectivity index (χ0) is 29.6. The fourth-order valence-electron chi connectivity index (χ4n) is 4.95. The van der Waals surface area contributed by atoms with Crippen molar-refractivity contribution >= 4 is 33.0 Å². The zero-order valence-electron chi connectivity index (χ0n) is 22.6. The molecule has 0 spiro atoms. The Bertz CT molecular complexity index is 1410. The number of halogens is 3. The average Bonchev–Trinajstić information content (AvgIpc) is 3.15. The molecule has 2 aliphatic rings. The lowest BCUT2D eigenvalue weighted by Gasteiger charge is -2.34. The van der Waals surface area contributed by atoms with Gasteiger partial charge in [0.1, 0.15) is 9.84 Å². The van der Waals surface area contributed by atoms with Gasteiger partial charge < -0.3 is 15.2 Å². The molecule has 218 valence electrons. The van der Waals surface area contributed by atoms with Crippen molar-refractivity contribution in [1.82, 2.24) is 10.3 Å². The number of fused-ring (bicyclic) bond motifs is 1. The number of hydrogen-bond acceptors (Lipinski definition) is 7. The summed E-state index contributed by atoms with van der Waals surface area (Å²) in [4.78, 5) is 31.8. The number of alkyl halides is 2. The standard InChI is InChI=1S/C27H32F3N3O6S/c1-15(26(2,3)36)23-17-11-16(24(34)32-27(4)7-9-40(37,38)10-8-27)5-6-19(17)33(25(23)35)20-12-22(31-13-18(20)28)39-14-21(29)30/h5-6,11-13,15,21,23,36H,7-10,14H2,1-4H3,(H,32,34). The summed E-state index contributed by atoms with van der Waals surface area (Å²) in [6, 6.07) is 5.50. The number of benzene rings is 1. The molecule has 2 amide bonds. The van der Waals surface area contributed by atoms with E-state index in [1.165, 1.54) is 32.0 Å². The number of ether oxygens (including phenoxy) is 1. The molecule has 2 aliphatic heterocycles. The Hall–Kier alpha value is -3.19. The summed E-state index contributed by atoms with van der Waals surface area (Å²) < 4.78 is 68.9. The highest BCUT2D eigenvalue weighted by Gasteiger charge is 2.46. The van der Waals surface area contributed by atoms with E-state index in [4.69, 9.17) is 4.74 Å². The molecule has 2 atom stereocenters. The number of sulfone groups is 1. The molecule has 0 radical (unpaired) electrons. The molecule has 13 heteroatoms. The van der Waals surface area contributed by atoms with Gasteiger partial charge >= 0.3 is 0 Å². The second-order valence-corrected chi connectivity index (χ2v) is 13.5. The maximum Gasteiger partial charge on any atom is 0.272 e. The number of pyridine rings is 1. The number of aliphatic hydroxyl groups is 1. The first-order valence-electron chi connectivity index (χ1n) is 12.8. The lowest BCUT2D eigenvalue weighted by Crippen LogP contribution is -2.50. The number of nitrogens with zero attached hydrogens (tertiary/aromatic N) is 2. The van der Waals surface area contributed by atoms with Gasteiger partial charge in [0.25, 0.3) is 12.3 Å². The Kier molecular flexibility index (Phi) is 7.94. The quantitative estimate of drug-likeness (QED) is 0.485. The highest BCUT2D eigenvalue weighted by Crippen LogP contribution is 2.48. The van der Waals surface area contributed by atoms with Crippen molar-refractivity contribution in [2.24, 2.45) is 5.92 Å². The maximum atomic E-state index is 15.0. The third-order valence-corrected chi connectivity index (χ3v) is 9.37. The average molecular weight is 584 g/mol. The number of nitrogens with one attached hydrogen (secondary N) is 1. The van der Waals surface area contributed by atoms with Crippen LogP contribution in [0.3, 0.4) is 0 Å². The van der Waals surface area contributed by atoms with E-state index in [2.05, 4.69) is 10.3 Å². The van der Waals surface area contributed by atoms with Gasteiger partial charge in [0.05, 0.1) is 40.6 Å². The maximum absolute atomic E-state index is 15.0. The van der Waals surface area contributed by atoms with E-state index in [1.807, 2.05) is 0 Å².